The number of hydrogen-bond donors (Lipinski definition) is 1. The van der Waals surface area contributed by atoms with E-state index in [4.69, 9.17) is 5.73 Å². The second-order valence-electron chi connectivity index (χ2n) is 6.93. The molecule has 0 aromatic heterocycles. The highest BCUT2D eigenvalue weighted by Gasteiger charge is 2.35. The van der Waals surface area contributed by atoms with Gasteiger partial charge in [-0.15, -0.1) is 0 Å². The average Bonchev–Trinajstić information content (AvgIpc) is 2.49. The minimum Gasteiger partial charge on any atom is -0.371 e. The summed E-state index contributed by atoms with van der Waals surface area (Å²) in [6.45, 7) is 4.51. The molecular weight excluding hydrogens is 244 g/mol. The van der Waals surface area contributed by atoms with Crippen molar-refractivity contribution in [2.24, 2.45) is 11.1 Å². The van der Waals surface area contributed by atoms with Crippen molar-refractivity contribution in [2.45, 2.75) is 57.9 Å². The highest BCUT2D eigenvalue weighted by molar-refractivity contribution is 5.48. The first kappa shape index (κ1) is 13.9. The van der Waals surface area contributed by atoms with Crippen LogP contribution in [0.2, 0.25) is 0 Å². The maximum absolute atomic E-state index is 5.92. The van der Waals surface area contributed by atoms with Crippen LogP contribution in [0.4, 0.5) is 5.69 Å². The fraction of sp³-hybridized carbons (Fsp3) is 0.667. The van der Waals surface area contributed by atoms with Gasteiger partial charge in [0.2, 0.25) is 0 Å². The van der Waals surface area contributed by atoms with Crippen molar-refractivity contribution in [1.82, 2.24) is 0 Å². The molecule has 2 aliphatic rings. The summed E-state index contributed by atoms with van der Waals surface area (Å²) in [6, 6.07) is 9.00. The highest BCUT2D eigenvalue weighted by Crippen LogP contribution is 2.45. The first-order valence-corrected chi connectivity index (χ1v) is 8.29. The predicted molar refractivity (Wildman–Crippen MR) is 86.0 cm³/mol. The first-order chi connectivity index (χ1) is 9.69. The van der Waals surface area contributed by atoms with Gasteiger partial charge in [0.15, 0.2) is 0 Å². The van der Waals surface area contributed by atoms with E-state index in [1.54, 1.807) is 0 Å². The van der Waals surface area contributed by atoms with Crippen molar-refractivity contribution in [3.8, 4) is 0 Å². The molecule has 2 N–H and O–H groups in total. The van der Waals surface area contributed by atoms with Crippen LogP contribution in [0.15, 0.2) is 24.3 Å². The second kappa shape index (κ2) is 5.77. The lowest BCUT2D eigenvalue weighted by Gasteiger charge is -2.45. The van der Waals surface area contributed by atoms with Crippen LogP contribution >= 0.6 is 0 Å². The van der Waals surface area contributed by atoms with Gasteiger partial charge in [0.05, 0.1) is 0 Å². The molecule has 0 bridgehead atoms. The molecule has 0 amide bonds. The molecule has 2 heteroatoms. The van der Waals surface area contributed by atoms with Gasteiger partial charge in [0.25, 0.3) is 0 Å². The summed E-state index contributed by atoms with van der Waals surface area (Å²) in [5.41, 5.74) is 9.22. The molecule has 1 aliphatic heterocycles. The van der Waals surface area contributed by atoms with Gasteiger partial charge in [-0.1, -0.05) is 31.4 Å². The molecule has 1 aromatic carbocycles. The van der Waals surface area contributed by atoms with E-state index in [0.717, 1.165) is 0 Å². The maximum Gasteiger partial charge on any atom is 0.0366 e. The van der Waals surface area contributed by atoms with Crippen LogP contribution in [0.5, 0.6) is 0 Å². The Morgan fingerprint density at radius 2 is 1.55 bits per heavy atom. The molecule has 2 nitrogen and oxygen atoms in total. The monoisotopic (exact) mass is 272 g/mol. The Balaban J connectivity index is 1.62. The highest BCUT2D eigenvalue weighted by atomic mass is 15.1. The molecule has 1 spiro atoms. The normalized spacial score (nSPS) is 23.8. The summed E-state index contributed by atoms with van der Waals surface area (Å²) < 4.78 is 0. The number of rotatable bonds is 2. The van der Waals surface area contributed by atoms with E-state index in [0.29, 0.717) is 5.41 Å². The molecule has 1 atom stereocenters. The molecule has 0 unspecified atom stereocenters. The van der Waals surface area contributed by atoms with Gasteiger partial charge in [-0.05, 0) is 55.7 Å². The standard InChI is InChI=1S/C18H28N2/c1-15(19)16-5-7-17(8-6-16)20-13-11-18(12-14-20)9-3-2-4-10-18/h5-8,15H,2-4,9-14,19H2,1H3/t15-/m0/s1. The molecule has 2 fully saturated rings. The van der Waals surface area contributed by atoms with Gasteiger partial charge >= 0.3 is 0 Å². The molecule has 1 aliphatic carbocycles. The minimum absolute atomic E-state index is 0.135. The Morgan fingerprint density at radius 3 is 2.10 bits per heavy atom. The fourth-order valence-electron chi connectivity index (χ4n) is 4.03. The zero-order valence-corrected chi connectivity index (χ0v) is 12.8. The third-order valence-corrected chi connectivity index (χ3v) is 5.52. The Morgan fingerprint density at radius 1 is 0.950 bits per heavy atom. The zero-order chi connectivity index (χ0) is 14.0. The summed E-state index contributed by atoms with van der Waals surface area (Å²) >= 11 is 0. The average molecular weight is 272 g/mol. The van der Waals surface area contributed by atoms with Crippen LogP contribution in [0.25, 0.3) is 0 Å². The summed E-state index contributed by atoms with van der Waals surface area (Å²) in [5.74, 6) is 0. The summed E-state index contributed by atoms with van der Waals surface area (Å²) in [6.07, 6.45) is 10.1. The van der Waals surface area contributed by atoms with E-state index in [9.17, 15) is 0 Å². The molecular formula is C18H28N2. The van der Waals surface area contributed by atoms with Gasteiger partial charge in [0.1, 0.15) is 0 Å². The number of piperidine rings is 1. The Bertz CT molecular complexity index is 419. The molecule has 3 rings (SSSR count). The first-order valence-electron chi connectivity index (χ1n) is 8.29. The van der Waals surface area contributed by atoms with Crippen molar-refractivity contribution in [1.29, 1.82) is 0 Å². The molecule has 1 saturated carbocycles. The maximum atomic E-state index is 5.92. The smallest absolute Gasteiger partial charge is 0.0366 e. The van der Waals surface area contributed by atoms with E-state index in [2.05, 4.69) is 29.2 Å². The van der Waals surface area contributed by atoms with Gasteiger partial charge < -0.3 is 10.6 Å². The van der Waals surface area contributed by atoms with Crippen molar-refractivity contribution in [2.75, 3.05) is 18.0 Å². The minimum atomic E-state index is 0.135. The second-order valence-corrected chi connectivity index (χ2v) is 6.93. The number of anilines is 1. The lowest BCUT2D eigenvalue weighted by molar-refractivity contribution is 0.144. The Labute approximate surface area is 123 Å². The zero-order valence-electron chi connectivity index (χ0n) is 12.8. The third-order valence-electron chi connectivity index (χ3n) is 5.52. The van der Waals surface area contributed by atoms with Crippen LogP contribution in [0, 0.1) is 5.41 Å². The van der Waals surface area contributed by atoms with Crippen molar-refractivity contribution < 1.29 is 0 Å². The largest absolute Gasteiger partial charge is 0.371 e. The Kier molecular flexibility index (Phi) is 4.02. The summed E-state index contributed by atoms with van der Waals surface area (Å²) in [4.78, 5) is 2.56. The van der Waals surface area contributed by atoms with Crippen molar-refractivity contribution >= 4 is 5.69 Å². The number of nitrogens with zero attached hydrogens (tertiary/aromatic N) is 1. The summed E-state index contributed by atoms with van der Waals surface area (Å²) in [5, 5.41) is 0. The van der Waals surface area contributed by atoms with Crippen LogP contribution in [0.1, 0.15) is 63.5 Å². The number of nitrogens with two attached hydrogens (primary N) is 1. The van der Waals surface area contributed by atoms with E-state index in [-0.39, 0.29) is 6.04 Å². The molecule has 0 radical (unpaired) electrons. The van der Waals surface area contributed by atoms with Gasteiger partial charge in [0, 0.05) is 24.8 Å². The number of hydrogen-bond acceptors (Lipinski definition) is 2. The van der Waals surface area contributed by atoms with Gasteiger partial charge in [-0.2, -0.15) is 0 Å². The molecule has 1 saturated heterocycles. The van der Waals surface area contributed by atoms with Crippen LogP contribution < -0.4 is 10.6 Å². The van der Waals surface area contributed by atoms with Gasteiger partial charge in [-0.25, -0.2) is 0 Å². The Hall–Kier alpha value is -1.02. The van der Waals surface area contributed by atoms with Crippen molar-refractivity contribution in [3.63, 3.8) is 0 Å². The lowest BCUT2D eigenvalue weighted by Crippen LogP contribution is -2.41. The van der Waals surface area contributed by atoms with E-state index >= 15 is 0 Å². The molecule has 20 heavy (non-hydrogen) atoms. The quantitative estimate of drug-likeness (QED) is 0.871. The lowest BCUT2D eigenvalue weighted by atomic mass is 9.68. The van der Waals surface area contributed by atoms with E-state index in [1.165, 1.54) is 69.3 Å². The fourth-order valence-corrected chi connectivity index (χ4v) is 4.03. The molecule has 1 aromatic rings. The van der Waals surface area contributed by atoms with Crippen LogP contribution in [-0.2, 0) is 0 Å². The van der Waals surface area contributed by atoms with Gasteiger partial charge in [-0.3, -0.25) is 0 Å². The number of benzene rings is 1. The molecule has 1 heterocycles. The summed E-state index contributed by atoms with van der Waals surface area (Å²) in [7, 11) is 0. The topological polar surface area (TPSA) is 29.3 Å². The third kappa shape index (κ3) is 2.85. The van der Waals surface area contributed by atoms with Crippen LogP contribution in [0.3, 0.4) is 0 Å². The predicted octanol–water partition coefficient (Wildman–Crippen LogP) is 4.26. The van der Waals surface area contributed by atoms with E-state index in [1.807, 2.05) is 6.92 Å². The molecule has 110 valence electrons. The SMILES string of the molecule is C[C@H](N)c1ccc(N2CCC3(CCCCC3)CC2)cc1. The van der Waals surface area contributed by atoms with Crippen molar-refractivity contribution in [3.05, 3.63) is 29.8 Å². The van der Waals surface area contributed by atoms with Crippen LogP contribution in [-0.4, -0.2) is 13.1 Å². The van der Waals surface area contributed by atoms with E-state index < -0.39 is 0 Å².